The van der Waals surface area contributed by atoms with Gasteiger partial charge in [0.2, 0.25) is 0 Å². The lowest BCUT2D eigenvalue weighted by molar-refractivity contribution is 0.0471. The van der Waals surface area contributed by atoms with Crippen LogP contribution in [0.1, 0.15) is 15.9 Å². The van der Waals surface area contributed by atoms with E-state index < -0.39 is 5.97 Å². The fraction of sp³-hybridized carbons (Fsp3) is 0.0769. The molecule has 0 fully saturated rings. The average molecular weight is 327 g/mol. The minimum Gasteiger partial charge on any atom is -0.457 e. The Kier molecular flexibility index (Phi) is 4.33. The molecule has 1 aromatic heterocycles. The molecule has 0 amide bonds. The Morgan fingerprint density at radius 3 is 2.72 bits per heavy atom. The fourth-order valence-corrected chi connectivity index (χ4v) is 1.85. The minimum atomic E-state index is -0.421. The Labute approximate surface area is 118 Å². The van der Waals surface area contributed by atoms with E-state index in [4.69, 9.17) is 16.3 Å². The van der Waals surface area contributed by atoms with Crippen LogP contribution in [0, 0.1) is 0 Å². The summed E-state index contributed by atoms with van der Waals surface area (Å²) in [6, 6.07) is 10.7. The van der Waals surface area contributed by atoms with Crippen LogP contribution in [-0.2, 0) is 11.3 Å². The van der Waals surface area contributed by atoms with Crippen molar-refractivity contribution in [3.63, 3.8) is 0 Å². The first-order chi connectivity index (χ1) is 8.66. The molecule has 92 valence electrons. The van der Waals surface area contributed by atoms with Gasteiger partial charge in [0.05, 0.1) is 5.56 Å². The number of carbonyl (C=O) groups excluding carboxylic acids is 1. The van der Waals surface area contributed by atoms with Gasteiger partial charge in [-0.2, -0.15) is 0 Å². The van der Waals surface area contributed by atoms with Gasteiger partial charge in [-0.1, -0.05) is 45.7 Å². The highest BCUT2D eigenvalue weighted by Gasteiger charge is 2.08. The highest BCUT2D eigenvalue weighted by molar-refractivity contribution is 9.10. The van der Waals surface area contributed by atoms with Crippen LogP contribution in [0.25, 0.3) is 0 Å². The predicted molar refractivity (Wildman–Crippen MR) is 72.5 cm³/mol. The molecule has 0 atom stereocenters. The quantitative estimate of drug-likeness (QED) is 0.635. The molecule has 0 radical (unpaired) electrons. The van der Waals surface area contributed by atoms with Gasteiger partial charge in [-0.25, -0.2) is 9.78 Å². The minimum absolute atomic E-state index is 0.211. The number of nitrogens with zero attached hydrogens (tertiary/aromatic N) is 1. The molecule has 0 aliphatic heterocycles. The molecule has 0 saturated heterocycles. The van der Waals surface area contributed by atoms with Crippen molar-refractivity contribution >= 4 is 33.5 Å². The van der Waals surface area contributed by atoms with Gasteiger partial charge < -0.3 is 4.74 Å². The average Bonchev–Trinajstić information content (AvgIpc) is 2.38. The van der Waals surface area contributed by atoms with Gasteiger partial charge in [0.15, 0.2) is 0 Å². The smallest absolute Gasteiger partial charge is 0.340 e. The molecule has 18 heavy (non-hydrogen) atoms. The first-order valence-electron chi connectivity index (χ1n) is 5.19. The molecule has 0 aliphatic carbocycles. The van der Waals surface area contributed by atoms with Gasteiger partial charge in [0, 0.05) is 16.2 Å². The van der Waals surface area contributed by atoms with Gasteiger partial charge in [-0.3, -0.25) is 0 Å². The second-order valence-electron chi connectivity index (χ2n) is 3.54. The molecule has 1 heterocycles. The fourth-order valence-electron chi connectivity index (χ4n) is 1.34. The zero-order chi connectivity index (χ0) is 13.0. The number of carbonyl (C=O) groups is 1. The van der Waals surface area contributed by atoms with Gasteiger partial charge >= 0.3 is 5.97 Å². The number of pyridine rings is 1. The number of benzene rings is 1. The Morgan fingerprint density at radius 1 is 1.28 bits per heavy atom. The lowest BCUT2D eigenvalue weighted by Crippen LogP contribution is -2.05. The van der Waals surface area contributed by atoms with Crippen molar-refractivity contribution in [3.05, 3.63) is 63.3 Å². The van der Waals surface area contributed by atoms with Gasteiger partial charge in [0.1, 0.15) is 11.8 Å². The van der Waals surface area contributed by atoms with Crippen molar-refractivity contribution < 1.29 is 9.53 Å². The van der Waals surface area contributed by atoms with Crippen molar-refractivity contribution in [2.24, 2.45) is 0 Å². The molecule has 1 aromatic carbocycles. The third-order valence-electron chi connectivity index (χ3n) is 2.28. The number of aromatic nitrogens is 1. The summed E-state index contributed by atoms with van der Waals surface area (Å²) in [6.07, 6.45) is 1.39. The summed E-state index contributed by atoms with van der Waals surface area (Å²) in [6.45, 7) is 0.211. The number of hydrogen-bond acceptors (Lipinski definition) is 3. The van der Waals surface area contributed by atoms with E-state index in [1.807, 2.05) is 24.3 Å². The molecule has 0 N–H and O–H groups in total. The second-order valence-corrected chi connectivity index (χ2v) is 4.78. The third-order valence-corrected chi connectivity index (χ3v) is 3.28. The molecular formula is C13H9BrClNO2. The van der Waals surface area contributed by atoms with Gasteiger partial charge in [-0.05, 0) is 18.2 Å². The summed E-state index contributed by atoms with van der Waals surface area (Å²) in [5, 5.41) is 0.345. The van der Waals surface area contributed by atoms with E-state index in [1.54, 1.807) is 12.1 Å². The van der Waals surface area contributed by atoms with E-state index in [-0.39, 0.29) is 6.61 Å². The third kappa shape index (κ3) is 3.31. The predicted octanol–water partition coefficient (Wildman–Crippen LogP) is 3.85. The molecule has 0 aliphatic rings. The highest BCUT2D eigenvalue weighted by atomic mass is 79.9. The van der Waals surface area contributed by atoms with Crippen LogP contribution in [0.4, 0.5) is 0 Å². The molecular weight excluding hydrogens is 318 g/mol. The number of ether oxygens (including phenoxy) is 1. The van der Waals surface area contributed by atoms with Crippen molar-refractivity contribution in [3.8, 4) is 0 Å². The summed E-state index contributed by atoms with van der Waals surface area (Å²) in [5.41, 5.74) is 1.29. The SMILES string of the molecule is O=C(OCc1ccccc1Br)c1ccc(Cl)nc1. The molecule has 3 nitrogen and oxygen atoms in total. The van der Waals surface area contributed by atoms with E-state index >= 15 is 0 Å². The van der Waals surface area contributed by atoms with E-state index in [0.29, 0.717) is 10.7 Å². The van der Waals surface area contributed by atoms with Crippen molar-refractivity contribution in [2.75, 3.05) is 0 Å². The molecule has 2 rings (SSSR count). The molecule has 0 bridgehead atoms. The van der Waals surface area contributed by atoms with E-state index in [2.05, 4.69) is 20.9 Å². The maximum Gasteiger partial charge on any atom is 0.340 e. The summed E-state index contributed by atoms with van der Waals surface area (Å²) in [5.74, 6) is -0.421. The first kappa shape index (κ1) is 13.1. The van der Waals surface area contributed by atoms with Crippen LogP contribution >= 0.6 is 27.5 Å². The molecule has 0 saturated carbocycles. The number of hydrogen-bond donors (Lipinski definition) is 0. The lowest BCUT2D eigenvalue weighted by Gasteiger charge is -2.06. The summed E-state index contributed by atoms with van der Waals surface area (Å²) >= 11 is 9.03. The summed E-state index contributed by atoms with van der Waals surface area (Å²) in [4.78, 5) is 15.5. The Balaban J connectivity index is 2.01. The first-order valence-corrected chi connectivity index (χ1v) is 6.36. The number of esters is 1. The van der Waals surface area contributed by atoms with Gasteiger partial charge in [0.25, 0.3) is 0 Å². The van der Waals surface area contributed by atoms with Crippen LogP contribution < -0.4 is 0 Å². The van der Waals surface area contributed by atoms with Crippen molar-refractivity contribution in [1.82, 2.24) is 4.98 Å². The monoisotopic (exact) mass is 325 g/mol. The molecule has 2 aromatic rings. The van der Waals surface area contributed by atoms with Crippen molar-refractivity contribution in [1.29, 1.82) is 0 Å². The number of rotatable bonds is 3. The Hall–Kier alpha value is -1.39. The zero-order valence-corrected chi connectivity index (χ0v) is 11.6. The number of halogens is 2. The Bertz CT molecular complexity index is 557. The van der Waals surface area contributed by atoms with Crippen LogP contribution in [-0.4, -0.2) is 11.0 Å². The molecule has 0 spiro atoms. The Morgan fingerprint density at radius 2 is 2.06 bits per heavy atom. The summed E-state index contributed by atoms with van der Waals surface area (Å²) in [7, 11) is 0. The molecule has 0 unspecified atom stereocenters. The van der Waals surface area contributed by atoms with Gasteiger partial charge in [-0.15, -0.1) is 0 Å². The lowest BCUT2D eigenvalue weighted by atomic mass is 10.2. The summed E-state index contributed by atoms with van der Waals surface area (Å²) < 4.78 is 6.09. The van der Waals surface area contributed by atoms with E-state index in [1.165, 1.54) is 6.20 Å². The zero-order valence-electron chi connectivity index (χ0n) is 9.27. The van der Waals surface area contributed by atoms with Crippen molar-refractivity contribution in [2.45, 2.75) is 6.61 Å². The standard InChI is InChI=1S/C13H9BrClNO2/c14-11-4-2-1-3-10(11)8-18-13(17)9-5-6-12(15)16-7-9/h1-7H,8H2. The van der Waals surface area contributed by atoms with E-state index in [0.717, 1.165) is 10.0 Å². The largest absolute Gasteiger partial charge is 0.457 e. The molecule has 5 heteroatoms. The normalized spacial score (nSPS) is 10.1. The van der Waals surface area contributed by atoms with Crippen LogP contribution in [0.5, 0.6) is 0 Å². The van der Waals surface area contributed by atoms with Crippen LogP contribution in [0.15, 0.2) is 47.1 Å². The van der Waals surface area contributed by atoms with Crippen LogP contribution in [0.2, 0.25) is 5.15 Å². The van der Waals surface area contributed by atoms with E-state index in [9.17, 15) is 4.79 Å². The van der Waals surface area contributed by atoms with Crippen LogP contribution in [0.3, 0.4) is 0 Å². The highest BCUT2D eigenvalue weighted by Crippen LogP contribution is 2.17. The topological polar surface area (TPSA) is 39.2 Å². The maximum atomic E-state index is 11.7. The maximum absolute atomic E-state index is 11.7. The second kappa shape index (κ2) is 5.98.